The van der Waals surface area contributed by atoms with Crippen molar-refractivity contribution < 1.29 is 15.0 Å². The van der Waals surface area contributed by atoms with Crippen LogP contribution in [0.3, 0.4) is 0 Å². The van der Waals surface area contributed by atoms with Gasteiger partial charge in [0.1, 0.15) is 0 Å². The topological polar surface area (TPSA) is 69.6 Å². The molecule has 4 nitrogen and oxygen atoms in total. The number of benzene rings is 1. The predicted molar refractivity (Wildman–Crippen MR) is 66.5 cm³/mol. The first-order valence-electron chi connectivity index (χ1n) is 4.97. The Labute approximate surface area is 109 Å². The Morgan fingerprint density at radius 1 is 1.41 bits per heavy atom. The van der Waals surface area contributed by atoms with Crippen LogP contribution in [0.5, 0.6) is 0 Å². The van der Waals surface area contributed by atoms with Crippen molar-refractivity contribution in [3.63, 3.8) is 0 Å². The second kappa shape index (κ2) is 6.21. The highest BCUT2D eigenvalue weighted by Gasteiger charge is 2.22. The van der Waals surface area contributed by atoms with Crippen LogP contribution in [-0.4, -0.2) is 29.3 Å². The quantitative estimate of drug-likeness (QED) is 0.771. The van der Waals surface area contributed by atoms with E-state index in [1.807, 2.05) is 0 Å². The summed E-state index contributed by atoms with van der Waals surface area (Å²) >= 11 is 11.6. The summed E-state index contributed by atoms with van der Waals surface area (Å²) in [6.07, 6.45) is -1.14. The van der Waals surface area contributed by atoms with Gasteiger partial charge in [-0.25, -0.2) is 0 Å². The Balaban J connectivity index is 2.89. The van der Waals surface area contributed by atoms with E-state index < -0.39 is 18.1 Å². The van der Waals surface area contributed by atoms with Gasteiger partial charge in [-0.2, -0.15) is 0 Å². The smallest absolute Gasteiger partial charge is 0.305 e. The Morgan fingerprint density at radius 2 is 2.06 bits per heavy atom. The van der Waals surface area contributed by atoms with Crippen LogP contribution in [0.2, 0.25) is 10.0 Å². The molecule has 94 valence electrons. The zero-order chi connectivity index (χ0) is 13.0. The summed E-state index contributed by atoms with van der Waals surface area (Å²) in [6.45, 7) is 0. The number of hydrogen-bond acceptors (Lipinski definition) is 3. The number of nitrogens with one attached hydrogen (secondary N) is 1. The molecule has 3 N–H and O–H groups in total. The van der Waals surface area contributed by atoms with E-state index in [9.17, 15) is 9.90 Å². The molecule has 0 aliphatic carbocycles. The van der Waals surface area contributed by atoms with Gasteiger partial charge in [0, 0.05) is 6.04 Å². The Bertz CT molecular complexity index is 412. The minimum absolute atomic E-state index is 0.183. The summed E-state index contributed by atoms with van der Waals surface area (Å²) in [5, 5.41) is 22.2. The largest absolute Gasteiger partial charge is 0.481 e. The van der Waals surface area contributed by atoms with Gasteiger partial charge < -0.3 is 15.5 Å². The summed E-state index contributed by atoms with van der Waals surface area (Å²) in [4.78, 5) is 10.6. The van der Waals surface area contributed by atoms with Crippen LogP contribution >= 0.6 is 23.2 Å². The molecule has 0 aliphatic heterocycles. The van der Waals surface area contributed by atoms with Crippen molar-refractivity contribution >= 4 is 29.2 Å². The number of aliphatic carboxylic acids is 1. The molecule has 1 rings (SSSR count). The van der Waals surface area contributed by atoms with Gasteiger partial charge in [0.2, 0.25) is 0 Å². The fourth-order valence-electron chi connectivity index (χ4n) is 1.49. The summed E-state index contributed by atoms with van der Waals surface area (Å²) < 4.78 is 0. The first-order valence-corrected chi connectivity index (χ1v) is 5.73. The molecule has 0 aromatic heterocycles. The maximum absolute atomic E-state index is 10.6. The van der Waals surface area contributed by atoms with Gasteiger partial charge in [-0.3, -0.25) is 4.79 Å². The van der Waals surface area contributed by atoms with Crippen molar-refractivity contribution in [2.75, 3.05) is 7.05 Å². The second-order valence-electron chi connectivity index (χ2n) is 3.61. The number of carboxylic acids is 1. The first kappa shape index (κ1) is 14.3. The lowest BCUT2D eigenvalue weighted by Crippen LogP contribution is -2.34. The molecule has 1 aromatic rings. The van der Waals surface area contributed by atoms with E-state index in [2.05, 4.69) is 5.32 Å². The maximum Gasteiger partial charge on any atom is 0.305 e. The summed E-state index contributed by atoms with van der Waals surface area (Å²) in [5.41, 5.74) is 0.528. The van der Waals surface area contributed by atoms with Gasteiger partial charge >= 0.3 is 5.97 Å². The zero-order valence-corrected chi connectivity index (χ0v) is 10.7. The molecule has 0 radical (unpaired) electrons. The molecule has 0 bridgehead atoms. The average Bonchev–Trinajstić information content (AvgIpc) is 2.28. The van der Waals surface area contributed by atoms with Crippen LogP contribution in [0.1, 0.15) is 18.1 Å². The third kappa shape index (κ3) is 3.85. The Hall–Kier alpha value is -0.810. The van der Waals surface area contributed by atoms with Crippen molar-refractivity contribution in [3.05, 3.63) is 33.8 Å². The molecule has 6 heteroatoms. The minimum atomic E-state index is -0.983. The van der Waals surface area contributed by atoms with Crippen LogP contribution in [0.15, 0.2) is 18.2 Å². The van der Waals surface area contributed by atoms with Crippen LogP contribution in [0, 0.1) is 0 Å². The van der Waals surface area contributed by atoms with Gasteiger partial charge in [0.15, 0.2) is 0 Å². The van der Waals surface area contributed by atoms with Crippen LogP contribution in [-0.2, 0) is 4.79 Å². The lowest BCUT2D eigenvalue weighted by Gasteiger charge is -2.21. The van der Waals surface area contributed by atoms with Gasteiger partial charge in [-0.15, -0.1) is 0 Å². The molecule has 1 aromatic carbocycles. The SMILES string of the molecule is CNC(CC(=O)O)C(O)c1ccc(Cl)c(Cl)c1. The zero-order valence-electron chi connectivity index (χ0n) is 9.15. The molecule has 0 aliphatic rings. The normalized spacial score (nSPS) is 14.4. The number of likely N-dealkylation sites (N-methyl/N-ethyl adjacent to an activating group) is 1. The van der Waals surface area contributed by atoms with Gasteiger partial charge in [0.25, 0.3) is 0 Å². The predicted octanol–water partition coefficient (Wildman–Crippen LogP) is 2.09. The highest BCUT2D eigenvalue weighted by Crippen LogP contribution is 2.27. The number of aliphatic hydroxyl groups is 1. The molecular formula is C11H13Cl2NO3. The summed E-state index contributed by atoms with van der Waals surface area (Å²) in [7, 11) is 1.59. The minimum Gasteiger partial charge on any atom is -0.481 e. The van der Waals surface area contributed by atoms with E-state index in [-0.39, 0.29) is 6.42 Å². The van der Waals surface area contributed by atoms with E-state index in [0.717, 1.165) is 0 Å². The van der Waals surface area contributed by atoms with Crippen LogP contribution in [0.25, 0.3) is 0 Å². The average molecular weight is 278 g/mol. The maximum atomic E-state index is 10.6. The monoisotopic (exact) mass is 277 g/mol. The number of carboxylic acid groups (broad SMARTS) is 1. The van der Waals surface area contributed by atoms with Crippen LogP contribution in [0.4, 0.5) is 0 Å². The first-order chi connectivity index (χ1) is 7.95. The summed E-state index contributed by atoms with van der Waals surface area (Å²) in [6, 6.07) is 4.13. The van der Waals surface area contributed by atoms with Crippen molar-refractivity contribution in [1.82, 2.24) is 5.32 Å². The van der Waals surface area contributed by atoms with Crippen molar-refractivity contribution in [1.29, 1.82) is 0 Å². The molecule has 0 saturated carbocycles. The third-order valence-electron chi connectivity index (χ3n) is 2.43. The number of carbonyl (C=O) groups is 1. The Morgan fingerprint density at radius 3 is 2.53 bits per heavy atom. The molecule has 0 fully saturated rings. The summed E-state index contributed by atoms with van der Waals surface area (Å²) in [5.74, 6) is -0.983. The number of halogens is 2. The second-order valence-corrected chi connectivity index (χ2v) is 4.43. The third-order valence-corrected chi connectivity index (χ3v) is 3.17. The highest BCUT2D eigenvalue weighted by molar-refractivity contribution is 6.42. The van der Waals surface area contributed by atoms with E-state index in [1.54, 1.807) is 19.2 Å². The lowest BCUT2D eigenvalue weighted by atomic mass is 10.00. The van der Waals surface area contributed by atoms with Gasteiger partial charge in [0.05, 0.1) is 22.6 Å². The van der Waals surface area contributed by atoms with E-state index in [4.69, 9.17) is 28.3 Å². The standard InChI is InChI=1S/C11H13Cl2NO3/c1-14-9(5-10(15)16)11(17)6-2-3-7(12)8(13)4-6/h2-4,9,11,14,17H,5H2,1H3,(H,15,16). The fraction of sp³-hybridized carbons (Fsp3) is 0.364. The lowest BCUT2D eigenvalue weighted by molar-refractivity contribution is -0.138. The Kier molecular flexibility index (Phi) is 5.21. The molecule has 0 spiro atoms. The molecule has 0 amide bonds. The highest BCUT2D eigenvalue weighted by atomic mass is 35.5. The van der Waals surface area contributed by atoms with E-state index in [1.165, 1.54) is 6.07 Å². The number of aliphatic hydroxyl groups excluding tert-OH is 1. The van der Waals surface area contributed by atoms with E-state index >= 15 is 0 Å². The molecule has 17 heavy (non-hydrogen) atoms. The van der Waals surface area contributed by atoms with Crippen LogP contribution < -0.4 is 5.32 Å². The molecule has 0 heterocycles. The molecule has 0 saturated heterocycles. The molecule has 2 atom stereocenters. The van der Waals surface area contributed by atoms with Gasteiger partial charge in [-0.05, 0) is 24.7 Å². The number of rotatable bonds is 5. The number of hydrogen-bond donors (Lipinski definition) is 3. The van der Waals surface area contributed by atoms with Gasteiger partial charge in [-0.1, -0.05) is 29.3 Å². The fourth-order valence-corrected chi connectivity index (χ4v) is 1.79. The van der Waals surface area contributed by atoms with Crippen molar-refractivity contribution in [2.45, 2.75) is 18.6 Å². The van der Waals surface area contributed by atoms with Crippen molar-refractivity contribution in [3.8, 4) is 0 Å². The molecular weight excluding hydrogens is 265 g/mol. The molecule has 2 unspecified atom stereocenters. The van der Waals surface area contributed by atoms with Crippen molar-refractivity contribution in [2.24, 2.45) is 0 Å². The van der Waals surface area contributed by atoms with E-state index in [0.29, 0.717) is 15.6 Å².